The van der Waals surface area contributed by atoms with E-state index in [1.165, 1.54) is 14.0 Å². The van der Waals surface area contributed by atoms with E-state index in [-0.39, 0.29) is 25.3 Å². The van der Waals surface area contributed by atoms with E-state index in [2.05, 4.69) is 16.0 Å². The molecule has 0 fully saturated rings. The molecule has 1 heterocycles. The minimum atomic E-state index is -0.838. The number of hydrogen-bond acceptors (Lipinski definition) is 5. The van der Waals surface area contributed by atoms with E-state index in [0.717, 1.165) is 11.1 Å². The molecule has 0 unspecified atom stereocenters. The van der Waals surface area contributed by atoms with Gasteiger partial charge in [0.1, 0.15) is 12.1 Å². The minimum absolute atomic E-state index is 0.269. The number of nitrogens with one attached hydrogen (secondary N) is 3. The molecule has 0 aliphatic carbocycles. The summed E-state index contributed by atoms with van der Waals surface area (Å²) in [5.74, 6) is -1.87. The first-order chi connectivity index (χ1) is 11.9. The summed E-state index contributed by atoms with van der Waals surface area (Å²) in [5, 5.41) is 7.62. The highest BCUT2D eigenvalue weighted by atomic mass is 16.5. The summed E-state index contributed by atoms with van der Waals surface area (Å²) in [4.78, 5) is 47.5. The average Bonchev–Trinajstić information content (AvgIpc) is 2.57. The van der Waals surface area contributed by atoms with Crippen LogP contribution in [0.15, 0.2) is 24.3 Å². The second-order valence-electron chi connectivity index (χ2n) is 5.84. The molecule has 8 nitrogen and oxygen atoms in total. The van der Waals surface area contributed by atoms with Gasteiger partial charge in [-0.05, 0) is 11.1 Å². The van der Waals surface area contributed by atoms with E-state index >= 15 is 0 Å². The Hall–Kier alpha value is -2.90. The highest BCUT2D eigenvalue weighted by Crippen LogP contribution is 2.12. The SMILES string of the molecule is COC(=O)[C@@H]1Cc2cccc(c2)C[C@H](NC(C)=O)C(=O)NCC(=O)N1. The van der Waals surface area contributed by atoms with Crippen LogP contribution in [0, 0.1) is 0 Å². The summed E-state index contributed by atoms with van der Waals surface area (Å²) in [6, 6.07) is 5.68. The molecule has 0 radical (unpaired) electrons. The van der Waals surface area contributed by atoms with Crippen molar-refractivity contribution in [2.24, 2.45) is 0 Å². The number of ether oxygens (including phenoxy) is 1. The quantitative estimate of drug-likeness (QED) is 0.598. The van der Waals surface area contributed by atoms with Gasteiger partial charge < -0.3 is 20.7 Å². The zero-order chi connectivity index (χ0) is 18.4. The number of esters is 1. The molecule has 2 bridgehead atoms. The van der Waals surface area contributed by atoms with Crippen LogP contribution in [0.3, 0.4) is 0 Å². The summed E-state index contributed by atoms with van der Waals surface area (Å²) in [7, 11) is 1.25. The number of benzene rings is 1. The molecule has 2 atom stereocenters. The van der Waals surface area contributed by atoms with Gasteiger partial charge in [-0.15, -0.1) is 0 Å². The Kier molecular flexibility index (Phi) is 6.10. The zero-order valence-electron chi connectivity index (χ0n) is 14.1. The van der Waals surface area contributed by atoms with Gasteiger partial charge in [0.2, 0.25) is 17.7 Å². The van der Waals surface area contributed by atoms with Crippen molar-refractivity contribution in [3.63, 3.8) is 0 Å². The fourth-order valence-corrected chi connectivity index (χ4v) is 2.68. The average molecular weight is 347 g/mol. The third-order valence-electron chi connectivity index (χ3n) is 3.81. The van der Waals surface area contributed by atoms with Crippen molar-refractivity contribution in [1.29, 1.82) is 0 Å². The number of hydrogen-bond donors (Lipinski definition) is 3. The molecule has 1 aliphatic rings. The maximum Gasteiger partial charge on any atom is 0.328 e. The first-order valence-corrected chi connectivity index (χ1v) is 7.89. The Morgan fingerprint density at radius 1 is 1.20 bits per heavy atom. The largest absolute Gasteiger partial charge is 0.467 e. The highest BCUT2D eigenvalue weighted by molar-refractivity contribution is 5.91. The second-order valence-corrected chi connectivity index (χ2v) is 5.84. The van der Waals surface area contributed by atoms with Gasteiger partial charge in [-0.2, -0.15) is 0 Å². The maximum absolute atomic E-state index is 12.3. The van der Waals surface area contributed by atoms with Crippen LogP contribution in [0.4, 0.5) is 0 Å². The topological polar surface area (TPSA) is 114 Å². The molecular formula is C17H21N3O5. The Morgan fingerprint density at radius 2 is 1.88 bits per heavy atom. The first kappa shape index (κ1) is 18.4. The van der Waals surface area contributed by atoms with Gasteiger partial charge in [-0.25, -0.2) is 4.79 Å². The fraction of sp³-hybridized carbons (Fsp3) is 0.412. The van der Waals surface area contributed by atoms with Gasteiger partial charge in [0.15, 0.2) is 0 Å². The van der Waals surface area contributed by atoms with Crippen LogP contribution in [0.5, 0.6) is 0 Å². The lowest BCUT2D eigenvalue weighted by Gasteiger charge is -2.21. The van der Waals surface area contributed by atoms with Crippen molar-refractivity contribution in [3.05, 3.63) is 35.4 Å². The van der Waals surface area contributed by atoms with Gasteiger partial charge >= 0.3 is 5.97 Å². The zero-order valence-corrected chi connectivity index (χ0v) is 14.1. The van der Waals surface area contributed by atoms with Crippen molar-refractivity contribution in [1.82, 2.24) is 16.0 Å². The molecule has 134 valence electrons. The molecule has 8 heteroatoms. The molecule has 2 rings (SSSR count). The van der Waals surface area contributed by atoms with Gasteiger partial charge in [0, 0.05) is 19.8 Å². The molecule has 0 aromatic heterocycles. The van der Waals surface area contributed by atoms with Gasteiger partial charge in [-0.3, -0.25) is 14.4 Å². The van der Waals surface area contributed by atoms with Crippen LogP contribution in [0.2, 0.25) is 0 Å². The standard InChI is InChI=1S/C17H21N3O5/c1-10(21)19-13-7-11-4-3-5-12(6-11)8-14(17(24)25-2)20-15(22)9-18-16(13)23/h3-6,13-14H,7-9H2,1-2H3,(H,18,23)(H,19,21)(H,20,22)/t13-,14-/m0/s1. The predicted molar refractivity (Wildman–Crippen MR) is 88.4 cm³/mol. The lowest BCUT2D eigenvalue weighted by molar-refractivity contribution is -0.145. The molecule has 3 amide bonds. The summed E-state index contributed by atoms with van der Waals surface area (Å²) in [6.45, 7) is 1.03. The summed E-state index contributed by atoms with van der Waals surface area (Å²) < 4.78 is 4.73. The van der Waals surface area contributed by atoms with E-state index in [0.29, 0.717) is 0 Å². The normalized spacial score (nSPS) is 21.0. The Balaban J connectivity index is 2.32. The molecule has 1 aromatic rings. The Morgan fingerprint density at radius 3 is 2.52 bits per heavy atom. The van der Waals surface area contributed by atoms with Crippen molar-refractivity contribution >= 4 is 23.7 Å². The second kappa shape index (κ2) is 8.27. The Labute approximate surface area is 145 Å². The molecule has 0 saturated carbocycles. The number of carbonyl (C=O) groups excluding carboxylic acids is 4. The van der Waals surface area contributed by atoms with Gasteiger partial charge in [0.05, 0.1) is 13.7 Å². The lowest BCUT2D eigenvalue weighted by Crippen LogP contribution is -2.52. The number of fused-ring (bicyclic) bond motifs is 2. The van der Waals surface area contributed by atoms with Crippen molar-refractivity contribution < 1.29 is 23.9 Å². The molecule has 1 aliphatic heterocycles. The third-order valence-corrected chi connectivity index (χ3v) is 3.81. The molecule has 3 N–H and O–H groups in total. The third kappa shape index (κ3) is 5.30. The van der Waals surface area contributed by atoms with Crippen LogP contribution in [0.1, 0.15) is 18.1 Å². The summed E-state index contributed by atoms with van der Waals surface area (Å²) in [5.41, 5.74) is 1.65. The number of methoxy groups -OCH3 is 1. The fourth-order valence-electron chi connectivity index (χ4n) is 2.68. The number of carbonyl (C=O) groups is 4. The van der Waals surface area contributed by atoms with Crippen molar-refractivity contribution in [2.75, 3.05) is 13.7 Å². The van der Waals surface area contributed by atoms with E-state index < -0.39 is 29.9 Å². The van der Waals surface area contributed by atoms with E-state index in [1.807, 2.05) is 18.2 Å². The number of amides is 3. The van der Waals surface area contributed by atoms with Crippen LogP contribution in [-0.2, 0) is 36.8 Å². The molecule has 0 spiro atoms. The van der Waals surface area contributed by atoms with E-state index in [4.69, 9.17) is 4.74 Å². The van der Waals surface area contributed by atoms with Gasteiger partial charge in [0.25, 0.3) is 0 Å². The molecule has 1 aromatic carbocycles. The van der Waals surface area contributed by atoms with Crippen molar-refractivity contribution in [3.8, 4) is 0 Å². The van der Waals surface area contributed by atoms with Gasteiger partial charge in [-0.1, -0.05) is 24.3 Å². The predicted octanol–water partition coefficient (Wildman–Crippen LogP) is -0.936. The molecule has 25 heavy (non-hydrogen) atoms. The monoisotopic (exact) mass is 347 g/mol. The Bertz CT molecular complexity index is 677. The minimum Gasteiger partial charge on any atom is -0.467 e. The van der Waals surface area contributed by atoms with Crippen LogP contribution in [0.25, 0.3) is 0 Å². The van der Waals surface area contributed by atoms with Crippen LogP contribution in [-0.4, -0.2) is 49.4 Å². The van der Waals surface area contributed by atoms with E-state index in [9.17, 15) is 19.2 Å². The highest BCUT2D eigenvalue weighted by Gasteiger charge is 2.25. The van der Waals surface area contributed by atoms with E-state index in [1.54, 1.807) is 6.07 Å². The van der Waals surface area contributed by atoms with Crippen LogP contribution >= 0.6 is 0 Å². The molecular weight excluding hydrogens is 326 g/mol. The summed E-state index contributed by atoms with van der Waals surface area (Å²) >= 11 is 0. The molecule has 0 saturated heterocycles. The smallest absolute Gasteiger partial charge is 0.328 e. The summed E-state index contributed by atoms with van der Waals surface area (Å²) in [6.07, 6.45) is 0.550. The van der Waals surface area contributed by atoms with Crippen LogP contribution < -0.4 is 16.0 Å². The lowest BCUT2D eigenvalue weighted by atomic mass is 9.99. The van der Waals surface area contributed by atoms with Crippen molar-refractivity contribution in [2.45, 2.75) is 31.8 Å². The number of rotatable bonds is 2. The maximum atomic E-state index is 12.3. The first-order valence-electron chi connectivity index (χ1n) is 7.89.